The molecule has 0 aliphatic rings. The van der Waals surface area contributed by atoms with Gasteiger partial charge in [0.1, 0.15) is 0 Å². The van der Waals surface area contributed by atoms with Crippen LogP contribution < -0.4 is 0 Å². The molecule has 0 amide bonds. The van der Waals surface area contributed by atoms with Crippen LogP contribution in [-0.4, -0.2) is 25.5 Å². The van der Waals surface area contributed by atoms with Crippen molar-refractivity contribution in [2.24, 2.45) is 0 Å². The molecule has 0 aromatic heterocycles. The van der Waals surface area contributed by atoms with Crippen LogP contribution in [0.1, 0.15) is 36.3 Å². The predicted molar refractivity (Wildman–Crippen MR) is 91.7 cm³/mol. The van der Waals surface area contributed by atoms with Gasteiger partial charge in [-0.2, -0.15) is 0 Å². The van der Waals surface area contributed by atoms with Gasteiger partial charge in [-0.3, -0.25) is 0 Å². The minimum absolute atomic E-state index is 0.673. The summed E-state index contributed by atoms with van der Waals surface area (Å²) in [5.41, 5.74) is 2.94. The van der Waals surface area contributed by atoms with Crippen LogP contribution in [0.5, 0.6) is 0 Å². The summed E-state index contributed by atoms with van der Waals surface area (Å²) in [7, 11) is 4.31. The van der Waals surface area contributed by atoms with E-state index in [0.717, 1.165) is 0 Å². The van der Waals surface area contributed by atoms with Crippen molar-refractivity contribution in [1.82, 2.24) is 4.90 Å². The van der Waals surface area contributed by atoms with Gasteiger partial charge in [0, 0.05) is 0 Å². The monoisotopic (exact) mass is 281 g/mol. The Labute approximate surface area is 129 Å². The summed E-state index contributed by atoms with van der Waals surface area (Å²) in [5.74, 6) is 0.673. The average Bonchev–Trinajstić information content (AvgIpc) is 2.52. The van der Waals surface area contributed by atoms with Crippen molar-refractivity contribution in [1.29, 1.82) is 0 Å². The number of nitrogens with zero attached hydrogens (tertiary/aromatic N) is 1. The molecule has 0 radical (unpaired) electrons. The summed E-state index contributed by atoms with van der Waals surface area (Å²) < 4.78 is 0. The fraction of sp³-hybridized carbons (Fsp3) is 0.400. The van der Waals surface area contributed by atoms with Gasteiger partial charge in [-0.1, -0.05) is 60.7 Å². The Hall–Kier alpha value is -1.60. The van der Waals surface area contributed by atoms with Crippen molar-refractivity contribution >= 4 is 0 Å². The molecule has 1 heteroatoms. The maximum Gasteiger partial charge on any atom is -0.00246 e. The molecule has 0 heterocycles. The van der Waals surface area contributed by atoms with E-state index in [0.29, 0.717) is 5.92 Å². The second-order valence-electron chi connectivity index (χ2n) is 6.08. The maximum atomic E-state index is 2.28. The van der Waals surface area contributed by atoms with Gasteiger partial charge in [-0.15, -0.1) is 0 Å². The van der Waals surface area contributed by atoms with Crippen LogP contribution in [0.25, 0.3) is 0 Å². The van der Waals surface area contributed by atoms with Crippen molar-refractivity contribution in [3.8, 4) is 0 Å². The van der Waals surface area contributed by atoms with Gasteiger partial charge in [0.05, 0.1) is 0 Å². The highest BCUT2D eigenvalue weighted by molar-refractivity contribution is 5.21. The number of benzene rings is 2. The van der Waals surface area contributed by atoms with E-state index in [1.165, 1.54) is 43.4 Å². The van der Waals surface area contributed by atoms with Crippen molar-refractivity contribution in [3.63, 3.8) is 0 Å². The lowest BCUT2D eigenvalue weighted by Gasteiger charge is -2.19. The van der Waals surface area contributed by atoms with Gasteiger partial charge in [0.2, 0.25) is 0 Å². The Morgan fingerprint density at radius 2 is 1.43 bits per heavy atom. The highest BCUT2D eigenvalue weighted by atomic mass is 15.0. The van der Waals surface area contributed by atoms with Gasteiger partial charge in [-0.05, 0) is 63.4 Å². The van der Waals surface area contributed by atoms with E-state index in [1.807, 2.05) is 0 Å². The second-order valence-corrected chi connectivity index (χ2v) is 6.08. The molecule has 0 N–H and O–H groups in total. The lowest BCUT2D eigenvalue weighted by atomic mass is 9.88. The molecule has 2 rings (SSSR count). The molecule has 1 atom stereocenters. The van der Waals surface area contributed by atoms with E-state index in [2.05, 4.69) is 79.7 Å². The Morgan fingerprint density at radius 3 is 2.05 bits per heavy atom. The quantitative estimate of drug-likeness (QED) is 0.675. The molecule has 21 heavy (non-hydrogen) atoms. The molecule has 2 aromatic rings. The number of hydrogen-bond acceptors (Lipinski definition) is 1. The van der Waals surface area contributed by atoms with E-state index in [-0.39, 0.29) is 0 Å². The van der Waals surface area contributed by atoms with Crippen molar-refractivity contribution < 1.29 is 0 Å². The largest absolute Gasteiger partial charge is 0.309 e. The molecule has 1 unspecified atom stereocenters. The summed E-state index contributed by atoms with van der Waals surface area (Å²) in [5, 5.41) is 0. The number of rotatable bonds is 8. The standard InChI is InChI=1S/C20H27N/c1-21(2)17-9-14-20(19-12-7-4-8-13-19)16-15-18-10-5-3-6-11-18/h3-8,10-13,20H,9,14-17H2,1-2H3. The highest BCUT2D eigenvalue weighted by Crippen LogP contribution is 2.26. The zero-order valence-electron chi connectivity index (χ0n) is 13.3. The summed E-state index contributed by atoms with van der Waals surface area (Å²) in [4.78, 5) is 2.28. The summed E-state index contributed by atoms with van der Waals surface area (Å²) in [6, 6.07) is 21.8. The van der Waals surface area contributed by atoms with Gasteiger partial charge >= 0.3 is 0 Å². The Kier molecular flexibility index (Phi) is 6.49. The molecule has 0 saturated carbocycles. The van der Waals surface area contributed by atoms with E-state index in [9.17, 15) is 0 Å². The van der Waals surface area contributed by atoms with Gasteiger partial charge in [-0.25, -0.2) is 0 Å². The fourth-order valence-corrected chi connectivity index (χ4v) is 2.84. The van der Waals surface area contributed by atoms with E-state index < -0.39 is 0 Å². The first-order valence-corrected chi connectivity index (χ1v) is 7.99. The van der Waals surface area contributed by atoms with E-state index in [1.54, 1.807) is 0 Å². The molecule has 0 fully saturated rings. The second kappa shape index (κ2) is 8.63. The first-order chi connectivity index (χ1) is 10.3. The molecular weight excluding hydrogens is 254 g/mol. The van der Waals surface area contributed by atoms with E-state index >= 15 is 0 Å². The van der Waals surface area contributed by atoms with Crippen LogP contribution in [0.4, 0.5) is 0 Å². The molecule has 0 bridgehead atoms. The molecule has 0 aliphatic heterocycles. The summed E-state index contributed by atoms with van der Waals surface area (Å²) in [6.07, 6.45) is 4.94. The summed E-state index contributed by atoms with van der Waals surface area (Å²) >= 11 is 0. The Bertz CT molecular complexity index is 490. The molecule has 0 aliphatic carbocycles. The molecule has 1 nitrogen and oxygen atoms in total. The third-order valence-corrected chi connectivity index (χ3v) is 4.05. The first-order valence-electron chi connectivity index (χ1n) is 7.99. The minimum atomic E-state index is 0.673. The highest BCUT2D eigenvalue weighted by Gasteiger charge is 2.11. The Morgan fingerprint density at radius 1 is 0.810 bits per heavy atom. The van der Waals surface area contributed by atoms with Gasteiger partial charge in [0.25, 0.3) is 0 Å². The molecule has 112 valence electrons. The SMILES string of the molecule is CN(C)CCCC(CCc1ccccc1)c1ccccc1. The molecule has 0 saturated heterocycles. The Balaban J connectivity index is 1.95. The third kappa shape index (κ3) is 5.73. The average molecular weight is 281 g/mol. The number of aryl methyl sites for hydroxylation is 1. The van der Waals surface area contributed by atoms with Crippen molar-refractivity contribution in [2.75, 3.05) is 20.6 Å². The van der Waals surface area contributed by atoms with Crippen LogP contribution >= 0.6 is 0 Å². The maximum absolute atomic E-state index is 2.28. The van der Waals surface area contributed by atoms with Crippen LogP contribution in [0.2, 0.25) is 0 Å². The van der Waals surface area contributed by atoms with Crippen molar-refractivity contribution in [2.45, 2.75) is 31.6 Å². The van der Waals surface area contributed by atoms with Gasteiger partial charge in [0.15, 0.2) is 0 Å². The zero-order valence-corrected chi connectivity index (χ0v) is 13.3. The van der Waals surface area contributed by atoms with Crippen LogP contribution in [0.3, 0.4) is 0 Å². The van der Waals surface area contributed by atoms with Crippen LogP contribution in [-0.2, 0) is 6.42 Å². The van der Waals surface area contributed by atoms with Crippen LogP contribution in [0, 0.1) is 0 Å². The lowest BCUT2D eigenvalue weighted by molar-refractivity contribution is 0.381. The van der Waals surface area contributed by atoms with E-state index in [4.69, 9.17) is 0 Å². The molecule has 0 spiro atoms. The van der Waals surface area contributed by atoms with Crippen LogP contribution in [0.15, 0.2) is 60.7 Å². The minimum Gasteiger partial charge on any atom is -0.309 e. The fourth-order valence-electron chi connectivity index (χ4n) is 2.84. The first kappa shape index (κ1) is 15.8. The molecular formula is C20H27N. The number of hydrogen-bond donors (Lipinski definition) is 0. The normalized spacial score (nSPS) is 12.5. The van der Waals surface area contributed by atoms with Crippen molar-refractivity contribution in [3.05, 3.63) is 71.8 Å². The molecule has 2 aromatic carbocycles. The predicted octanol–water partition coefficient (Wildman–Crippen LogP) is 4.74. The topological polar surface area (TPSA) is 3.24 Å². The third-order valence-electron chi connectivity index (χ3n) is 4.05. The summed E-state index contributed by atoms with van der Waals surface area (Å²) in [6.45, 7) is 1.18. The smallest absolute Gasteiger partial charge is 0.00246 e. The zero-order chi connectivity index (χ0) is 14.9. The van der Waals surface area contributed by atoms with Gasteiger partial charge < -0.3 is 4.90 Å². The lowest BCUT2D eigenvalue weighted by Crippen LogP contribution is -2.14.